The van der Waals surface area contributed by atoms with Gasteiger partial charge in [0, 0.05) is 5.02 Å². The third-order valence-electron chi connectivity index (χ3n) is 3.68. The quantitative estimate of drug-likeness (QED) is 0.675. The first kappa shape index (κ1) is 13.2. The number of benzene rings is 2. The van der Waals surface area contributed by atoms with Crippen molar-refractivity contribution in [2.75, 3.05) is 0 Å². The monoisotopic (exact) mass is 258 g/mol. The second-order valence-electron chi connectivity index (χ2n) is 4.61. The lowest BCUT2D eigenvalue weighted by Crippen LogP contribution is -1.96. The van der Waals surface area contributed by atoms with Gasteiger partial charge in [-0.15, -0.1) is 0 Å². The lowest BCUT2D eigenvalue weighted by atomic mass is 9.90. The molecule has 18 heavy (non-hydrogen) atoms. The van der Waals surface area contributed by atoms with Gasteiger partial charge in [-0.3, -0.25) is 0 Å². The molecule has 0 aliphatic heterocycles. The minimum absolute atomic E-state index is 0.868. The fraction of sp³-hybridized carbons (Fsp3) is 0.294. The van der Waals surface area contributed by atoms with Crippen molar-refractivity contribution in [2.45, 2.75) is 33.6 Å². The molecule has 0 saturated heterocycles. The van der Waals surface area contributed by atoms with Crippen molar-refractivity contribution in [3.8, 4) is 0 Å². The maximum absolute atomic E-state index is 6.32. The molecule has 0 aliphatic rings. The van der Waals surface area contributed by atoms with Crippen molar-refractivity contribution in [3.63, 3.8) is 0 Å². The highest BCUT2D eigenvalue weighted by atomic mass is 35.5. The molecule has 0 N–H and O–H groups in total. The van der Waals surface area contributed by atoms with Gasteiger partial charge >= 0.3 is 0 Å². The average molecular weight is 259 g/mol. The largest absolute Gasteiger partial charge is 0.0984 e. The zero-order chi connectivity index (χ0) is 13.3. The minimum Gasteiger partial charge on any atom is -0.0984 e. The van der Waals surface area contributed by atoms with E-state index in [1.54, 1.807) is 0 Å². The molecular formula is C17H19Cl. The molecule has 0 heterocycles. The predicted octanol–water partition coefficient (Wildman–Crippen LogP) is 5.57. The van der Waals surface area contributed by atoms with Crippen molar-refractivity contribution in [3.05, 3.63) is 52.1 Å². The van der Waals surface area contributed by atoms with Crippen LogP contribution in [0, 0.1) is 6.92 Å². The first-order valence-corrected chi connectivity index (χ1v) is 6.87. The molecule has 0 fully saturated rings. The van der Waals surface area contributed by atoms with Crippen molar-refractivity contribution >= 4 is 28.4 Å². The van der Waals surface area contributed by atoms with Gasteiger partial charge in [-0.05, 0) is 58.9 Å². The maximum Gasteiger partial charge on any atom is 0.0444 e. The van der Waals surface area contributed by atoms with Crippen molar-refractivity contribution in [1.29, 1.82) is 0 Å². The van der Waals surface area contributed by atoms with E-state index in [1.807, 2.05) is 12.1 Å². The minimum atomic E-state index is 0.868. The summed E-state index contributed by atoms with van der Waals surface area (Å²) in [5.74, 6) is 0. The molecule has 2 aromatic carbocycles. The maximum atomic E-state index is 6.32. The lowest BCUT2D eigenvalue weighted by molar-refractivity contribution is 1.12. The molecule has 0 nitrogen and oxygen atoms in total. The first-order chi connectivity index (χ1) is 8.63. The van der Waals surface area contributed by atoms with Gasteiger partial charge in [0.25, 0.3) is 0 Å². The SMILES string of the molecule is C=Cc1c(CC)cc2ccc(Cl)c(CC)c2c1C. The van der Waals surface area contributed by atoms with Crippen LogP contribution in [0.15, 0.2) is 24.8 Å². The zero-order valence-corrected chi connectivity index (χ0v) is 12.1. The molecule has 0 aromatic heterocycles. The van der Waals surface area contributed by atoms with E-state index in [4.69, 9.17) is 11.6 Å². The van der Waals surface area contributed by atoms with Gasteiger partial charge in [-0.2, -0.15) is 0 Å². The van der Waals surface area contributed by atoms with Crippen molar-refractivity contribution in [2.24, 2.45) is 0 Å². The van der Waals surface area contributed by atoms with E-state index in [-0.39, 0.29) is 0 Å². The van der Waals surface area contributed by atoms with Crippen LogP contribution in [0.2, 0.25) is 5.02 Å². The summed E-state index contributed by atoms with van der Waals surface area (Å²) >= 11 is 6.32. The van der Waals surface area contributed by atoms with Gasteiger partial charge in [-0.25, -0.2) is 0 Å². The third-order valence-corrected chi connectivity index (χ3v) is 4.04. The Morgan fingerprint density at radius 3 is 2.50 bits per heavy atom. The molecule has 2 aromatic rings. The Morgan fingerprint density at radius 1 is 1.22 bits per heavy atom. The molecule has 0 radical (unpaired) electrons. The Bertz CT molecular complexity index is 609. The Morgan fingerprint density at radius 2 is 1.94 bits per heavy atom. The smallest absolute Gasteiger partial charge is 0.0444 e. The molecule has 0 bridgehead atoms. The average Bonchev–Trinajstić information content (AvgIpc) is 2.38. The predicted molar refractivity (Wildman–Crippen MR) is 82.5 cm³/mol. The summed E-state index contributed by atoms with van der Waals surface area (Å²) in [6.45, 7) is 10.5. The number of fused-ring (bicyclic) bond motifs is 1. The summed E-state index contributed by atoms with van der Waals surface area (Å²) in [5.41, 5.74) is 5.18. The molecule has 0 amide bonds. The fourth-order valence-corrected chi connectivity index (χ4v) is 3.06. The molecule has 94 valence electrons. The molecular weight excluding hydrogens is 240 g/mol. The van der Waals surface area contributed by atoms with Crippen LogP contribution in [0.25, 0.3) is 16.8 Å². The molecule has 0 spiro atoms. The number of halogens is 1. The van der Waals surface area contributed by atoms with Gasteiger partial charge in [0.1, 0.15) is 0 Å². The summed E-state index contributed by atoms with van der Waals surface area (Å²) in [6.07, 6.45) is 3.95. The van der Waals surface area contributed by atoms with Gasteiger partial charge in [-0.1, -0.05) is 50.2 Å². The van der Waals surface area contributed by atoms with Crippen LogP contribution >= 0.6 is 11.6 Å². The van der Waals surface area contributed by atoms with E-state index in [1.165, 1.54) is 33.0 Å². The Balaban J connectivity index is 2.95. The highest BCUT2D eigenvalue weighted by Gasteiger charge is 2.11. The second-order valence-corrected chi connectivity index (χ2v) is 5.02. The van der Waals surface area contributed by atoms with Gasteiger partial charge in [0.2, 0.25) is 0 Å². The van der Waals surface area contributed by atoms with Gasteiger partial charge in [0.15, 0.2) is 0 Å². The summed E-state index contributed by atoms with van der Waals surface area (Å²) in [6, 6.07) is 6.40. The first-order valence-electron chi connectivity index (χ1n) is 6.50. The normalized spacial score (nSPS) is 10.9. The summed E-state index contributed by atoms with van der Waals surface area (Å²) in [5, 5.41) is 3.46. The van der Waals surface area contributed by atoms with E-state index in [0.717, 1.165) is 17.9 Å². The zero-order valence-electron chi connectivity index (χ0n) is 11.3. The topological polar surface area (TPSA) is 0 Å². The second kappa shape index (κ2) is 5.16. The Labute approximate surface area is 114 Å². The van der Waals surface area contributed by atoms with Gasteiger partial charge < -0.3 is 0 Å². The van der Waals surface area contributed by atoms with Crippen molar-refractivity contribution < 1.29 is 0 Å². The van der Waals surface area contributed by atoms with E-state index in [9.17, 15) is 0 Å². The van der Waals surface area contributed by atoms with E-state index in [0.29, 0.717) is 0 Å². The standard InChI is InChI=1S/C17H19Cl/c1-5-12-10-13-8-9-16(18)15(7-3)17(13)11(4)14(12)6-2/h6,8-10H,2,5,7H2,1,3-4H3. The van der Waals surface area contributed by atoms with E-state index < -0.39 is 0 Å². The number of aryl methyl sites for hydroxylation is 3. The number of hydrogen-bond acceptors (Lipinski definition) is 0. The summed E-state index contributed by atoms with van der Waals surface area (Å²) < 4.78 is 0. The molecule has 0 saturated carbocycles. The Hall–Kier alpha value is -1.27. The van der Waals surface area contributed by atoms with Crippen LogP contribution in [0.3, 0.4) is 0 Å². The molecule has 1 heteroatoms. The van der Waals surface area contributed by atoms with Crippen LogP contribution in [-0.2, 0) is 12.8 Å². The van der Waals surface area contributed by atoms with Crippen LogP contribution in [0.4, 0.5) is 0 Å². The lowest BCUT2D eigenvalue weighted by Gasteiger charge is -2.15. The summed E-state index contributed by atoms with van der Waals surface area (Å²) in [4.78, 5) is 0. The van der Waals surface area contributed by atoms with E-state index in [2.05, 4.69) is 39.5 Å². The van der Waals surface area contributed by atoms with Gasteiger partial charge in [0.05, 0.1) is 0 Å². The van der Waals surface area contributed by atoms with Crippen LogP contribution in [0.5, 0.6) is 0 Å². The molecule has 0 unspecified atom stereocenters. The number of hydrogen-bond donors (Lipinski definition) is 0. The highest BCUT2D eigenvalue weighted by molar-refractivity contribution is 6.32. The van der Waals surface area contributed by atoms with Crippen LogP contribution < -0.4 is 0 Å². The third kappa shape index (κ3) is 1.95. The molecule has 2 rings (SSSR count). The van der Waals surface area contributed by atoms with Crippen LogP contribution in [0.1, 0.15) is 36.1 Å². The molecule has 0 aliphatic carbocycles. The van der Waals surface area contributed by atoms with E-state index >= 15 is 0 Å². The summed E-state index contributed by atoms with van der Waals surface area (Å²) in [7, 11) is 0. The fourth-order valence-electron chi connectivity index (χ4n) is 2.77. The Kier molecular flexibility index (Phi) is 3.77. The number of rotatable bonds is 3. The van der Waals surface area contributed by atoms with Crippen LogP contribution in [-0.4, -0.2) is 0 Å². The molecule has 0 atom stereocenters. The highest BCUT2D eigenvalue weighted by Crippen LogP contribution is 2.33. The van der Waals surface area contributed by atoms with Crippen molar-refractivity contribution in [1.82, 2.24) is 0 Å².